The van der Waals surface area contributed by atoms with Gasteiger partial charge in [0, 0.05) is 12.2 Å². The number of aliphatic imine (C=N–C) groups is 1. The smallest absolute Gasteiger partial charge is 0.193 e. The van der Waals surface area contributed by atoms with Crippen molar-refractivity contribution in [3.8, 4) is 0 Å². The predicted octanol–water partition coefficient (Wildman–Crippen LogP) is 1.85. The summed E-state index contributed by atoms with van der Waals surface area (Å²) in [6.45, 7) is 2.64. The average molecular weight is 200 g/mol. The van der Waals surface area contributed by atoms with Crippen LogP contribution in [0, 0.1) is 0 Å². The minimum Gasteiger partial charge on any atom is -0.370 e. The van der Waals surface area contributed by atoms with E-state index in [0.29, 0.717) is 12.5 Å². The summed E-state index contributed by atoms with van der Waals surface area (Å²) >= 11 is 0. The van der Waals surface area contributed by atoms with Gasteiger partial charge in [-0.05, 0) is 19.1 Å². The fourth-order valence-corrected chi connectivity index (χ4v) is 0.879. The van der Waals surface area contributed by atoms with Gasteiger partial charge in [-0.3, -0.25) is 4.99 Å². The first-order valence-corrected chi connectivity index (χ1v) is 3.95. The zero-order chi connectivity index (χ0) is 8.81. The molecule has 1 rings (SSSR count). The maximum absolute atomic E-state index is 5.56. The summed E-state index contributed by atoms with van der Waals surface area (Å²) in [7, 11) is 0. The molecule has 0 heterocycles. The lowest BCUT2D eigenvalue weighted by Gasteiger charge is -2.03. The molecule has 0 spiro atoms. The van der Waals surface area contributed by atoms with Crippen LogP contribution >= 0.6 is 12.4 Å². The lowest BCUT2D eigenvalue weighted by molar-refractivity contribution is 1.12. The molecule has 4 heteroatoms. The molecule has 3 nitrogen and oxygen atoms in total. The molecule has 1 aromatic rings. The molecule has 0 radical (unpaired) electrons. The third-order valence-corrected chi connectivity index (χ3v) is 1.37. The molecule has 0 fully saturated rings. The van der Waals surface area contributed by atoms with E-state index in [4.69, 9.17) is 5.73 Å². The van der Waals surface area contributed by atoms with E-state index in [2.05, 4.69) is 10.3 Å². The van der Waals surface area contributed by atoms with E-state index in [1.165, 1.54) is 0 Å². The van der Waals surface area contributed by atoms with Gasteiger partial charge < -0.3 is 11.1 Å². The molecular weight excluding hydrogens is 186 g/mol. The Balaban J connectivity index is 0.00000144. The van der Waals surface area contributed by atoms with Gasteiger partial charge in [-0.25, -0.2) is 0 Å². The molecule has 0 aliphatic heterocycles. The Bertz CT molecular complexity index is 259. The zero-order valence-electron chi connectivity index (χ0n) is 7.53. The van der Waals surface area contributed by atoms with Crippen LogP contribution in [0.15, 0.2) is 35.3 Å². The monoisotopic (exact) mass is 199 g/mol. The Morgan fingerprint density at radius 1 is 1.38 bits per heavy atom. The summed E-state index contributed by atoms with van der Waals surface area (Å²) < 4.78 is 0. The molecular formula is C9H14ClN3. The number of hydrogen-bond acceptors (Lipinski definition) is 1. The number of nitrogens with zero attached hydrogens (tertiary/aromatic N) is 1. The third kappa shape index (κ3) is 4.38. The van der Waals surface area contributed by atoms with Crippen molar-refractivity contribution in [2.75, 3.05) is 11.9 Å². The maximum atomic E-state index is 5.56. The molecule has 3 N–H and O–H groups in total. The van der Waals surface area contributed by atoms with E-state index in [9.17, 15) is 0 Å². The SMILES string of the molecule is CCN=C(N)Nc1ccccc1.Cl. The van der Waals surface area contributed by atoms with Gasteiger partial charge >= 0.3 is 0 Å². The third-order valence-electron chi connectivity index (χ3n) is 1.37. The number of para-hydroxylation sites is 1. The first kappa shape index (κ1) is 11.8. The van der Waals surface area contributed by atoms with Crippen molar-refractivity contribution >= 4 is 24.1 Å². The van der Waals surface area contributed by atoms with Gasteiger partial charge in [-0.15, -0.1) is 12.4 Å². The van der Waals surface area contributed by atoms with Gasteiger partial charge in [-0.2, -0.15) is 0 Å². The van der Waals surface area contributed by atoms with Crippen molar-refractivity contribution < 1.29 is 0 Å². The van der Waals surface area contributed by atoms with Crippen LogP contribution in [0.5, 0.6) is 0 Å². The average Bonchev–Trinajstić information content (AvgIpc) is 2.06. The molecule has 0 aliphatic rings. The Hall–Kier alpha value is -1.22. The minimum atomic E-state index is 0. The fraction of sp³-hybridized carbons (Fsp3) is 0.222. The van der Waals surface area contributed by atoms with Crippen LogP contribution in [0.25, 0.3) is 0 Å². The number of anilines is 1. The van der Waals surface area contributed by atoms with E-state index in [0.717, 1.165) is 5.69 Å². The molecule has 0 aromatic heterocycles. The molecule has 0 saturated carbocycles. The Morgan fingerprint density at radius 2 is 2.00 bits per heavy atom. The molecule has 1 aromatic carbocycles. The van der Waals surface area contributed by atoms with Crippen molar-refractivity contribution in [2.24, 2.45) is 10.7 Å². The van der Waals surface area contributed by atoms with Crippen molar-refractivity contribution in [2.45, 2.75) is 6.92 Å². The highest BCUT2D eigenvalue weighted by Gasteiger charge is 1.90. The van der Waals surface area contributed by atoms with Gasteiger partial charge in [-0.1, -0.05) is 18.2 Å². The maximum Gasteiger partial charge on any atom is 0.193 e. The van der Waals surface area contributed by atoms with E-state index in [-0.39, 0.29) is 12.4 Å². The van der Waals surface area contributed by atoms with Crippen molar-refractivity contribution in [1.29, 1.82) is 0 Å². The molecule has 13 heavy (non-hydrogen) atoms. The van der Waals surface area contributed by atoms with Crippen LogP contribution < -0.4 is 11.1 Å². The summed E-state index contributed by atoms with van der Waals surface area (Å²) in [5.74, 6) is 0.462. The number of hydrogen-bond donors (Lipinski definition) is 2. The second kappa shape index (κ2) is 6.31. The van der Waals surface area contributed by atoms with E-state index in [1.807, 2.05) is 37.3 Å². The summed E-state index contributed by atoms with van der Waals surface area (Å²) in [4.78, 5) is 4.00. The van der Waals surface area contributed by atoms with Crippen molar-refractivity contribution in [1.82, 2.24) is 0 Å². The quantitative estimate of drug-likeness (QED) is 0.564. The first-order valence-electron chi connectivity index (χ1n) is 3.95. The molecule has 0 saturated heterocycles. The van der Waals surface area contributed by atoms with Gasteiger partial charge in [0.25, 0.3) is 0 Å². The highest BCUT2D eigenvalue weighted by atomic mass is 35.5. The standard InChI is InChI=1S/C9H13N3.ClH/c1-2-11-9(10)12-8-6-4-3-5-7-8;/h3-7H,2H2,1H3,(H3,10,11,12);1H. The number of rotatable bonds is 2. The summed E-state index contributed by atoms with van der Waals surface area (Å²) in [5, 5.41) is 2.97. The normalized spacial score (nSPS) is 10.4. The van der Waals surface area contributed by atoms with E-state index >= 15 is 0 Å². The molecule has 0 atom stereocenters. The molecule has 0 unspecified atom stereocenters. The highest BCUT2D eigenvalue weighted by Crippen LogP contribution is 2.03. The zero-order valence-corrected chi connectivity index (χ0v) is 8.34. The Morgan fingerprint density at radius 3 is 2.54 bits per heavy atom. The first-order chi connectivity index (χ1) is 5.83. The summed E-state index contributed by atoms with van der Waals surface area (Å²) in [6, 6.07) is 9.73. The molecule has 0 bridgehead atoms. The second-order valence-electron chi connectivity index (χ2n) is 2.35. The van der Waals surface area contributed by atoms with Crippen LogP contribution in [0.3, 0.4) is 0 Å². The molecule has 0 amide bonds. The van der Waals surface area contributed by atoms with Gasteiger partial charge in [0.15, 0.2) is 5.96 Å². The minimum absolute atomic E-state index is 0. The van der Waals surface area contributed by atoms with Crippen LogP contribution in [0.2, 0.25) is 0 Å². The van der Waals surface area contributed by atoms with Gasteiger partial charge in [0.2, 0.25) is 0 Å². The number of guanidine groups is 1. The topological polar surface area (TPSA) is 50.4 Å². The predicted molar refractivity (Wildman–Crippen MR) is 59.5 cm³/mol. The molecule has 0 aliphatic carbocycles. The number of nitrogens with one attached hydrogen (secondary N) is 1. The summed E-state index contributed by atoms with van der Waals surface area (Å²) in [5.41, 5.74) is 6.52. The van der Waals surface area contributed by atoms with Crippen LogP contribution in [0.4, 0.5) is 5.69 Å². The van der Waals surface area contributed by atoms with E-state index < -0.39 is 0 Å². The Kier molecular flexibility index (Phi) is 5.72. The molecule has 72 valence electrons. The number of benzene rings is 1. The van der Waals surface area contributed by atoms with Gasteiger partial charge in [0.05, 0.1) is 0 Å². The van der Waals surface area contributed by atoms with Crippen molar-refractivity contribution in [3.05, 3.63) is 30.3 Å². The van der Waals surface area contributed by atoms with Crippen molar-refractivity contribution in [3.63, 3.8) is 0 Å². The highest BCUT2D eigenvalue weighted by molar-refractivity contribution is 5.92. The van der Waals surface area contributed by atoms with Crippen LogP contribution in [-0.4, -0.2) is 12.5 Å². The number of nitrogens with two attached hydrogens (primary N) is 1. The largest absolute Gasteiger partial charge is 0.370 e. The summed E-state index contributed by atoms with van der Waals surface area (Å²) in [6.07, 6.45) is 0. The second-order valence-corrected chi connectivity index (χ2v) is 2.35. The fourth-order valence-electron chi connectivity index (χ4n) is 0.879. The number of halogens is 1. The van der Waals surface area contributed by atoms with Crippen LogP contribution in [0.1, 0.15) is 6.92 Å². The van der Waals surface area contributed by atoms with E-state index in [1.54, 1.807) is 0 Å². The van der Waals surface area contributed by atoms with Gasteiger partial charge in [0.1, 0.15) is 0 Å². The van der Waals surface area contributed by atoms with Crippen LogP contribution in [-0.2, 0) is 0 Å². The Labute approximate surface area is 84.5 Å². The lowest BCUT2D eigenvalue weighted by atomic mass is 10.3. The lowest BCUT2D eigenvalue weighted by Crippen LogP contribution is -2.22.